The molecule has 1 unspecified atom stereocenters. The standard InChI is InChI=1S/C31H34Cl3N3O4S/c1-2-29(31(39)35-25-12-5-3-6-13-25)36(20-22-11-9-10-16-28(22)34)30(38)21-37(26-18-23(32)17-24(33)19-26)42(40,41)27-14-7-4-8-15-27/h4,7-11,14-19,25,29H,2-3,5-6,12-13,20-21H2,1H3,(H,35,39). The quantitative estimate of drug-likeness (QED) is 0.240. The van der Waals surface area contributed by atoms with E-state index in [1.54, 1.807) is 42.5 Å². The number of carbonyl (C=O) groups excluding carboxylic acids is 2. The van der Waals surface area contributed by atoms with Crippen LogP contribution in [-0.4, -0.2) is 43.8 Å². The van der Waals surface area contributed by atoms with E-state index in [1.165, 1.54) is 35.2 Å². The third-order valence-corrected chi connectivity index (χ3v) is 9.97. The van der Waals surface area contributed by atoms with Gasteiger partial charge in [0, 0.05) is 27.7 Å². The minimum atomic E-state index is -4.23. The Labute approximate surface area is 262 Å². The highest BCUT2D eigenvalue weighted by molar-refractivity contribution is 7.92. The van der Waals surface area contributed by atoms with Gasteiger partial charge in [-0.05, 0) is 61.2 Å². The first kappa shape index (κ1) is 32.1. The first-order valence-corrected chi connectivity index (χ1v) is 16.5. The van der Waals surface area contributed by atoms with Crippen molar-refractivity contribution in [3.8, 4) is 0 Å². The van der Waals surface area contributed by atoms with Crippen molar-refractivity contribution in [3.63, 3.8) is 0 Å². The van der Waals surface area contributed by atoms with Crippen LogP contribution in [0.1, 0.15) is 51.0 Å². The Morgan fingerprint density at radius 1 is 0.905 bits per heavy atom. The molecule has 1 fully saturated rings. The van der Waals surface area contributed by atoms with Crippen molar-refractivity contribution >= 4 is 62.3 Å². The van der Waals surface area contributed by atoms with Crippen molar-refractivity contribution in [2.45, 2.75) is 69.0 Å². The van der Waals surface area contributed by atoms with Crippen LogP contribution in [0, 0.1) is 0 Å². The molecule has 3 aromatic rings. The van der Waals surface area contributed by atoms with E-state index in [9.17, 15) is 18.0 Å². The number of carbonyl (C=O) groups is 2. The summed E-state index contributed by atoms with van der Waals surface area (Å²) in [4.78, 5) is 29.3. The van der Waals surface area contributed by atoms with Gasteiger partial charge in [0.05, 0.1) is 10.6 Å². The van der Waals surface area contributed by atoms with E-state index in [0.29, 0.717) is 17.0 Å². The Hall–Kier alpha value is -2.78. The van der Waals surface area contributed by atoms with Gasteiger partial charge in [-0.2, -0.15) is 0 Å². The van der Waals surface area contributed by atoms with E-state index in [2.05, 4.69) is 5.32 Å². The molecule has 1 aliphatic carbocycles. The summed E-state index contributed by atoms with van der Waals surface area (Å²) < 4.78 is 28.8. The van der Waals surface area contributed by atoms with Crippen LogP contribution in [0.25, 0.3) is 0 Å². The fourth-order valence-corrected chi connectivity index (χ4v) is 7.33. The average molecular weight is 651 g/mol. The molecule has 1 N–H and O–H groups in total. The molecule has 0 saturated heterocycles. The Morgan fingerprint density at radius 3 is 2.14 bits per heavy atom. The number of hydrogen-bond donors (Lipinski definition) is 1. The molecular formula is C31H34Cl3N3O4S. The van der Waals surface area contributed by atoms with E-state index in [1.807, 2.05) is 6.92 Å². The molecule has 4 rings (SSSR count). The highest BCUT2D eigenvalue weighted by Gasteiger charge is 2.35. The summed E-state index contributed by atoms with van der Waals surface area (Å²) >= 11 is 19.0. The van der Waals surface area contributed by atoms with Gasteiger partial charge in [-0.15, -0.1) is 0 Å². The molecule has 0 heterocycles. The molecule has 1 aliphatic rings. The monoisotopic (exact) mass is 649 g/mol. The smallest absolute Gasteiger partial charge is 0.264 e. The maximum absolute atomic E-state index is 14.2. The first-order valence-electron chi connectivity index (χ1n) is 14.0. The summed E-state index contributed by atoms with van der Waals surface area (Å²) in [6.07, 6.45) is 5.32. The van der Waals surface area contributed by atoms with Crippen molar-refractivity contribution in [2.24, 2.45) is 0 Å². The van der Waals surface area contributed by atoms with Crippen LogP contribution < -0.4 is 9.62 Å². The summed E-state index contributed by atoms with van der Waals surface area (Å²) in [6, 6.07) is 18.4. The number of rotatable bonds is 11. The molecule has 42 heavy (non-hydrogen) atoms. The molecule has 0 aliphatic heterocycles. The van der Waals surface area contributed by atoms with Crippen LogP contribution >= 0.6 is 34.8 Å². The number of nitrogens with zero attached hydrogens (tertiary/aromatic N) is 2. The van der Waals surface area contributed by atoms with Gasteiger partial charge in [0.15, 0.2) is 0 Å². The molecule has 1 saturated carbocycles. The number of benzene rings is 3. The number of hydrogen-bond acceptors (Lipinski definition) is 4. The highest BCUT2D eigenvalue weighted by atomic mass is 35.5. The number of nitrogens with one attached hydrogen (secondary N) is 1. The van der Waals surface area contributed by atoms with Crippen molar-refractivity contribution < 1.29 is 18.0 Å². The van der Waals surface area contributed by atoms with Gasteiger partial charge >= 0.3 is 0 Å². The van der Waals surface area contributed by atoms with Crippen molar-refractivity contribution in [2.75, 3.05) is 10.8 Å². The fourth-order valence-electron chi connectivity index (χ4n) is 5.21. The molecule has 11 heteroatoms. The average Bonchev–Trinajstić information content (AvgIpc) is 2.97. The van der Waals surface area contributed by atoms with Gasteiger partial charge in [-0.1, -0.05) is 97.4 Å². The fraction of sp³-hybridized carbons (Fsp3) is 0.355. The Balaban J connectivity index is 1.73. The minimum Gasteiger partial charge on any atom is -0.352 e. The zero-order valence-corrected chi connectivity index (χ0v) is 26.4. The van der Waals surface area contributed by atoms with Gasteiger partial charge < -0.3 is 10.2 Å². The van der Waals surface area contributed by atoms with E-state index < -0.39 is 28.5 Å². The predicted octanol–water partition coefficient (Wildman–Crippen LogP) is 7.10. The summed E-state index contributed by atoms with van der Waals surface area (Å²) in [5.74, 6) is -0.843. The predicted molar refractivity (Wildman–Crippen MR) is 169 cm³/mol. The number of amides is 2. The maximum atomic E-state index is 14.2. The molecule has 3 aromatic carbocycles. The molecule has 1 atom stereocenters. The Kier molecular flexibility index (Phi) is 11.2. The van der Waals surface area contributed by atoms with Gasteiger partial charge in [0.25, 0.3) is 10.0 Å². The SMILES string of the molecule is CCC(C(=O)NC1CCCCC1)N(Cc1ccccc1Cl)C(=O)CN(c1cc(Cl)cc(Cl)c1)S(=O)(=O)c1ccccc1. The summed E-state index contributed by atoms with van der Waals surface area (Å²) in [5, 5.41) is 3.99. The zero-order chi connectivity index (χ0) is 30.3. The van der Waals surface area contributed by atoms with Crippen LogP contribution in [0.2, 0.25) is 15.1 Å². The van der Waals surface area contributed by atoms with Gasteiger partial charge in [-0.25, -0.2) is 8.42 Å². The van der Waals surface area contributed by atoms with Crippen LogP contribution in [0.15, 0.2) is 77.7 Å². The van der Waals surface area contributed by atoms with E-state index in [4.69, 9.17) is 34.8 Å². The van der Waals surface area contributed by atoms with Crippen LogP contribution in [0.3, 0.4) is 0 Å². The van der Waals surface area contributed by atoms with Crippen LogP contribution in [0.5, 0.6) is 0 Å². The number of sulfonamides is 1. The van der Waals surface area contributed by atoms with E-state index >= 15 is 0 Å². The van der Waals surface area contributed by atoms with Gasteiger partial charge in [0.1, 0.15) is 12.6 Å². The second-order valence-electron chi connectivity index (χ2n) is 10.3. The second kappa shape index (κ2) is 14.6. The van der Waals surface area contributed by atoms with Crippen molar-refractivity contribution in [1.29, 1.82) is 0 Å². The normalized spacial score (nSPS) is 14.7. The molecule has 0 aromatic heterocycles. The first-order chi connectivity index (χ1) is 20.1. The van der Waals surface area contributed by atoms with Crippen LogP contribution in [0.4, 0.5) is 5.69 Å². The lowest BCUT2D eigenvalue weighted by molar-refractivity contribution is -0.140. The van der Waals surface area contributed by atoms with Gasteiger partial charge in [-0.3, -0.25) is 13.9 Å². The third kappa shape index (κ3) is 7.98. The summed E-state index contributed by atoms with van der Waals surface area (Å²) in [7, 11) is -4.23. The van der Waals surface area contributed by atoms with E-state index in [0.717, 1.165) is 36.4 Å². The van der Waals surface area contributed by atoms with Gasteiger partial charge in [0.2, 0.25) is 11.8 Å². The molecule has 0 spiro atoms. The molecule has 0 radical (unpaired) electrons. The third-order valence-electron chi connectivity index (χ3n) is 7.38. The van der Waals surface area contributed by atoms with Crippen LogP contribution in [-0.2, 0) is 26.2 Å². The number of anilines is 1. The van der Waals surface area contributed by atoms with Crippen molar-refractivity contribution in [1.82, 2.24) is 10.2 Å². The Morgan fingerprint density at radius 2 is 1.52 bits per heavy atom. The molecular weight excluding hydrogens is 617 g/mol. The lowest BCUT2D eigenvalue weighted by Gasteiger charge is -2.34. The largest absolute Gasteiger partial charge is 0.352 e. The second-order valence-corrected chi connectivity index (χ2v) is 13.5. The number of halogens is 3. The minimum absolute atomic E-state index is 0.00589. The lowest BCUT2D eigenvalue weighted by Crippen LogP contribution is -2.54. The summed E-state index contributed by atoms with van der Waals surface area (Å²) in [5.41, 5.74) is 0.766. The Bertz CT molecular complexity index is 1480. The lowest BCUT2D eigenvalue weighted by atomic mass is 9.95. The zero-order valence-electron chi connectivity index (χ0n) is 23.3. The molecule has 224 valence electrons. The van der Waals surface area contributed by atoms with E-state index in [-0.39, 0.29) is 39.1 Å². The highest BCUT2D eigenvalue weighted by Crippen LogP contribution is 2.30. The molecule has 7 nitrogen and oxygen atoms in total. The topological polar surface area (TPSA) is 86.8 Å². The molecule has 2 amide bonds. The maximum Gasteiger partial charge on any atom is 0.264 e. The van der Waals surface area contributed by atoms with Crippen molar-refractivity contribution in [3.05, 3.63) is 93.4 Å². The molecule has 0 bridgehead atoms. The summed E-state index contributed by atoms with van der Waals surface area (Å²) in [6.45, 7) is 1.25.